The van der Waals surface area contributed by atoms with Crippen LogP contribution < -0.4 is 0 Å². The highest BCUT2D eigenvalue weighted by Gasteiger charge is 2.38. The van der Waals surface area contributed by atoms with E-state index in [-0.39, 0.29) is 17.9 Å². The first-order valence-electron chi connectivity index (χ1n) is 10.3. The fraction of sp³-hybridized carbons (Fsp3) is 0.500. The lowest BCUT2D eigenvalue weighted by molar-refractivity contribution is -0.137. The number of aryl methyl sites for hydroxylation is 1. The highest BCUT2D eigenvalue weighted by molar-refractivity contribution is 6.01. The van der Waals surface area contributed by atoms with Crippen LogP contribution >= 0.6 is 0 Å². The molecule has 1 fully saturated rings. The fourth-order valence-corrected chi connectivity index (χ4v) is 4.61. The number of fused-ring (bicyclic) bond motifs is 1. The number of hydrogen-bond donors (Lipinski definition) is 1. The summed E-state index contributed by atoms with van der Waals surface area (Å²) in [5.41, 5.74) is 4.26. The van der Waals surface area contributed by atoms with E-state index in [1.165, 1.54) is 11.3 Å². The number of nitrogens with one attached hydrogen (secondary N) is 1. The maximum absolute atomic E-state index is 13.2. The van der Waals surface area contributed by atoms with Crippen molar-refractivity contribution in [1.29, 1.82) is 0 Å². The van der Waals surface area contributed by atoms with Gasteiger partial charge in [-0.2, -0.15) is 5.10 Å². The zero-order valence-electron chi connectivity index (χ0n) is 16.6. The molecule has 148 valence electrons. The third-order valence-electron chi connectivity index (χ3n) is 6.24. The first-order chi connectivity index (χ1) is 13.6. The molecular weight excluding hydrogens is 352 g/mol. The van der Waals surface area contributed by atoms with E-state index in [1.807, 2.05) is 42.3 Å². The second-order valence-electron chi connectivity index (χ2n) is 7.78. The van der Waals surface area contributed by atoms with Gasteiger partial charge in [0, 0.05) is 36.8 Å². The monoisotopic (exact) mass is 380 g/mol. The summed E-state index contributed by atoms with van der Waals surface area (Å²) in [6, 6.07) is 7.29. The number of aromatic nitrogens is 2. The van der Waals surface area contributed by atoms with Crippen molar-refractivity contribution in [3.8, 4) is 0 Å². The molecule has 4 rings (SSSR count). The van der Waals surface area contributed by atoms with Gasteiger partial charge in [0.15, 0.2) is 0 Å². The van der Waals surface area contributed by atoms with Crippen molar-refractivity contribution in [2.75, 3.05) is 13.1 Å². The van der Waals surface area contributed by atoms with Crippen LogP contribution in [0.4, 0.5) is 0 Å². The smallest absolute Gasteiger partial charge is 0.255 e. The van der Waals surface area contributed by atoms with Crippen LogP contribution in [0.5, 0.6) is 0 Å². The van der Waals surface area contributed by atoms with E-state index in [2.05, 4.69) is 17.1 Å². The summed E-state index contributed by atoms with van der Waals surface area (Å²) in [7, 11) is 0. The number of carbonyl (C=O) groups is 2. The molecule has 1 aromatic carbocycles. The van der Waals surface area contributed by atoms with Gasteiger partial charge in [-0.3, -0.25) is 14.7 Å². The number of rotatable bonds is 5. The lowest BCUT2D eigenvalue weighted by Gasteiger charge is -2.36. The molecule has 3 heterocycles. The van der Waals surface area contributed by atoms with E-state index in [1.54, 1.807) is 4.90 Å². The number of hydrogen-bond acceptors (Lipinski definition) is 3. The van der Waals surface area contributed by atoms with Crippen LogP contribution in [-0.2, 0) is 17.8 Å². The molecule has 0 radical (unpaired) electrons. The van der Waals surface area contributed by atoms with Gasteiger partial charge >= 0.3 is 0 Å². The number of likely N-dealkylation sites (tertiary alicyclic amines) is 1. The molecule has 0 unspecified atom stereocenters. The lowest BCUT2D eigenvalue weighted by Crippen LogP contribution is -2.50. The normalized spacial score (nSPS) is 18.4. The Kier molecular flexibility index (Phi) is 5.20. The Morgan fingerprint density at radius 3 is 2.68 bits per heavy atom. The average molecular weight is 380 g/mol. The van der Waals surface area contributed by atoms with Gasteiger partial charge in [0.05, 0.1) is 6.20 Å². The Hall–Kier alpha value is -2.63. The molecule has 2 aliphatic rings. The Balaban J connectivity index is 1.42. The van der Waals surface area contributed by atoms with Gasteiger partial charge in [0.2, 0.25) is 5.91 Å². The van der Waals surface area contributed by atoms with Crippen LogP contribution in [0, 0.1) is 0 Å². The van der Waals surface area contributed by atoms with Crippen LogP contribution in [0.3, 0.4) is 0 Å². The van der Waals surface area contributed by atoms with Gasteiger partial charge < -0.3 is 9.80 Å². The molecule has 0 bridgehead atoms. The summed E-state index contributed by atoms with van der Waals surface area (Å²) in [4.78, 5) is 29.7. The van der Waals surface area contributed by atoms with Gasteiger partial charge in [-0.15, -0.1) is 0 Å². The van der Waals surface area contributed by atoms with Crippen LogP contribution in [-0.4, -0.2) is 50.9 Å². The predicted octanol–water partition coefficient (Wildman–Crippen LogP) is 3.11. The number of benzene rings is 1. The molecule has 2 aromatic rings. The predicted molar refractivity (Wildman–Crippen MR) is 107 cm³/mol. The van der Waals surface area contributed by atoms with E-state index >= 15 is 0 Å². The SMILES string of the molecule is CCc1cn[nH]c1C1CCN(C(=O)[C@@H](CC)N2Cc3ccccc3C2=O)CC1. The molecular formula is C22H28N4O2. The summed E-state index contributed by atoms with van der Waals surface area (Å²) >= 11 is 0. The van der Waals surface area contributed by atoms with Gasteiger partial charge in [0.25, 0.3) is 5.91 Å². The zero-order chi connectivity index (χ0) is 19.7. The molecule has 6 heteroatoms. The topological polar surface area (TPSA) is 69.3 Å². The van der Waals surface area contributed by atoms with Crippen molar-refractivity contribution < 1.29 is 9.59 Å². The Bertz CT molecular complexity index is 867. The number of piperidine rings is 1. The van der Waals surface area contributed by atoms with Crippen molar-refractivity contribution in [3.63, 3.8) is 0 Å². The zero-order valence-corrected chi connectivity index (χ0v) is 16.6. The summed E-state index contributed by atoms with van der Waals surface area (Å²) in [5, 5.41) is 7.35. The van der Waals surface area contributed by atoms with Crippen LogP contribution in [0.1, 0.15) is 66.2 Å². The van der Waals surface area contributed by atoms with E-state index in [4.69, 9.17) is 0 Å². The minimum absolute atomic E-state index is 0.0178. The fourth-order valence-electron chi connectivity index (χ4n) is 4.61. The van der Waals surface area contributed by atoms with Gasteiger partial charge in [0.1, 0.15) is 6.04 Å². The van der Waals surface area contributed by atoms with Crippen LogP contribution in [0.15, 0.2) is 30.5 Å². The van der Waals surface area contributed by atoms with Gasteiger partial charge in [-0.1, -0.05) is 32.0 Å². The Morgan fingerprint density at radius 1 is 1.25 bits per heavy atom. The van der Waals surface area contributed by atoms with E-state index < -0.39 is 0 Å². The molecule has 0 saturated carbocycles. The molecule has 6 nitrogen and oxygen atoms in total. The Labute approximate surface area is 165 Å². The average Bonchev–Trinajstić information content (AvgIpc) is 3.34. The summed E-state index contributed by atoms with van der Waals surface area (Å²) in [6.45, 7) is 6.13. The highest BCUT2D eigenvalue weighted by Crippen LogP contribution is 2.31. The van der Waals surface area contributed by atoms with E-state index in [0.29, 0.717) is 18.9 Å². The maximum Gasteiger partial charge on any atom is 0.255 e. The molecule has 1 saturated heterocycles. The minimum Gasteiger partial charge on any atom is -0.341 e. The molecule has 1 aromatic heterocycles. The standard InChI is InChI=1S/C22H28N4O2/c1-3-15-13-23-24-20(15)16-9-11-25(12-10-16)22(28)19(4-2)26-14-17-7-5-6-8-18(17)21(26)27/h5-8,13,16,19H,3-4,9-12,14H2,1-2H3,(H,23,24)/t19-/m1/s1. The van der Waals surface area contributed by atoms with Crippen molar-refractivity contribution in [1.82, 2.24) is 20.0 Å². The van der Waals surface area contributed by atoms with Crippen molar-refractivity contribution in [2.24, 2.45) is 0 Å². The third kappa shape index (κ3) is 3.21. The Morgan fingerprint density at radius 2 is 2.00 bits per heavy atom. The van der Waals surface area contributed by atoms with Crippen molar-refractivity contribution in [3.05, 3.63) is 52.8 Å². The lowest BCUT2D eigenvalue weighted by atomic mass is 9.90. The summed E-state index contributed by atoms with van der Waals surface area (Å²) in [5.74, 6) is 0.498. The molecule has 1 N–H and O–H groups in total. The first kappa shape index (κ1) is 18.7. The third-order valence-corrected chi connectivity index (χ3v) is 6.24. The van der Waals surface area contributed by atoms with Crippen LogP contribution in [0.25, 0.3) is 0 Å². The summed E-state index contributed by atoms with van der Waals surface area (Å²) in [6.07, 6.45) is 5.40. The quantitative estimate of drug-likeness (QED) is 0.866. The van der Waals surface area contributed by atoms with Crippen molar-refractivity contribution >= 4 is 11.8 Å². The van der Waals surface area contributed by atoms with Gasteiger partial charge in [-0.25, -0.2) is 0 Å². The van der Waals surface area contributed by atoms with Crippen molar-refractivity contribution in [2.45, 2.75) is 58.0 Å². The molecule has 0 spiro atoms. The molecule has 28 heavy (non-hydrogen) atoms. The molecule has 2 amide bonds. The maximum atomic E-state index is 13.2. The minimum atomic E-state index is -0.380. The molecule has 0 aliphatic carbocycles. The largest absolute Gasteiger partial charge is 0.341 e. The summed E-state index contributed by atoms with van der Waals surface area (Å²) < 4.78 is 0. The number of amides is 2. The second-order valence-corrected chi connectivity index (χ2v) is 7.78. The number of carbonyl (C=O) groups excluding carboxylic acids is 2. The second kappa shape index (κ2) is 7.78. The van der Waals surface area contributed by atoms with Crippen LogP contribution in [0.2, 0.25) is 0 Å². The highest BCUT2D eigenvalue weighted by atomic mass is 16.2. The first-order valence-corrected chi connectivity index (χ1v) is 10.3. The van der Waals surface area contributed by atoms with E-state index in [0.717, 1.165) is 43.5 Å². The number of aromatic amines is 1. The number of H-pyrrole nitrogens is 1. The van der Waals surface area contributed by atoms with Gasteiger partial charge in [-0.05, 0) is 42.9 Å². The molecule has 2 aliphatic heterocycles. The number of nitrogens with zero attached hydrogens (tertiary/aromatic N) is 3. The molecule has 1 atom stereocenters. The van der Waals surface area contributed by atoms with E-state index in [9.17, 15) is 9.59 Å².